The fourth-order valence-electron chi connectivity index (χ4n) is 3.54. The number of para-hydroxylation sites is 1. The van der Waals surface area contributed by atoms with Crippen LogP contribution in [0.15, 0.2) is 24.3 Å². The van der Waals surface area contributed by atoms with Crippen molar-refractivity contribution < 1.29 is 17.9 Å². The molecule has 0 aliphatic heterocycles. The molecule has 0 saturated heterocycles. The van der Waals surface area contributed by atoms with Crippen LogP contribution in [0.25, 0.3) is 0 Å². The van der Waals surface area contributed by atoms with Gasteiger partial charge in [-0.2, -0.15) is 0 Å². The van der Waals surface area contributed by atoms with Gasteiger partial charge in [0.25, 0.3) is 0 Å². The standard InChI is InChI=1S/C18H28N2O4S.ClH/c1-24-16-8-4-3-7-14(16)18(10-5-6-11-18)13-20-17(21)15(19)9-12-25(2,22)23;/h3-4,7-8,15H,5-6,9-13,19H2,1-2H3,(H,20,21);1H. The first-order valence-corrected chi connectivity index (χ1v) is 10.7. The van der Waals surface area contributed by atoms with Crippen molar-refractivity contribution in [1.29, 1.82) is 0 Å². The molecule has 2 rings (SSSR count). The highest BCUT2D eigenvalue weighted by Crippen LogP contribution is 2.44. The molecule has 148 valence electrons. The Kier molecular flexibility index (Phi) is 8.37. The Balaban J connectivity index is 0.00000338. The number of amides is 1. The molecule has 1 amide bonds. The monoisotopic (exact) mass is 404 g/mol. The number of rotatable bonds is 8. The van der Waals surface area contributed by atoms with Gasteiger partial charge in [0.2, 0.25) is 5.91 Å². The average Bonchev–Trinajstić information content (AvgIpc) is 3.06. The molecule has 0 radical (unpaired) electrons. The summed E-state index contributed by atoms with van der Waals surface area (Å²) in [5.41, 5.74) is 6.80. The smallest absolute Gasteiger partial charge is 0.236 e. The van der Waals surface area contributed by atoms with E-state index >= 15 is 0 Å². The average molecular weight is 405 g/mol. The van der Waals surface area contributed by atoms with Gasteiger partial charge in [-0.25, -0.2) is 8.42 Å². The van der Waals surface area contributed by atoms with Crippen LogP contribution in [0.3, 0.4) is 0 Å². The number of hydrogen-bond acceptors (Lipinski definition) is 5. The van der Waals surface area contributed by atoms with Crippen molar-refractivity contribution >= 4 is 28.2 Å². The van der Waals surface area contributed by atoms with Crippen LogP contribution < -0.4 is 15.8 Å². The number of carbonyl (C=O) groups is 1. The highest BCUT2D eigenvalue weighted by molar-refractivity contribution is 7.90. The molecule has 1 aromatic rings. The molecule has 0 aromatic heterocycles. The highest BCUT2D eigenvalue weighted by atomic mass is 35.5. The van der Waals surface area contributed by atoms with Gasteiger partial charge in [-0.3, -0.25) is 4.79 Å². The van der Waals surface area contributed by atoms with E-state index in [1.54, 1.807) is 7.11 Å². The number of methoxy groups -OCH3 is 1. The second-order valence-electron chi connectivity index (χ2n) is 6.93. The first kappa shape index (κ1) is 22.7. The van der Waals surface area contributed by atoms with E-state index in [4.69, 9.17) is 10.5 Å². The minimum absolute atomic E-state index is 0. The summed E-state index contributed by atoms with van der Waals surface area (Å²) in [7, 11) is -1.47. The number of ether oxygens (including phenoxy) is 1. The molecule has 1 atom stereocenters. The quantitative estimate of drug-likeness (QED) is 0.688. The van der Waals surface area contributed by atoms with Gasteiger partial charge in [-0.1, -0.05) is 31.0 Å². The van der Waals surface area contributed by atoms with Gasteiger partial charge in [0.15, 0.2) is 0 Å². The fourth-order valence-corrected chi connectivity index (χ4v) is 4.22. The van der Waals surface area contributed by atoms with Crippen LogP contribution in [0.4, 0.5) is 0 Å². The molecule has 1 aliphatic rings. The predicted octanol–water partition coefficient (Wildman–Crippen LogP) is 1.81. The summed E-state index contributed by atoms with van der Waals surface area (Å²) >= 11 is 0. The fraction of sp³-hybridized carbons (Fsp3) is 0.611. The Labute approximate surface area is 162 Å². The summed E-state index contributed by atoms with van der Waals surface area (Å²) in [5, 5.41) is 2.94. The molecule has 6 nitrogen and oxygen atoms in total. The summed E-state index contributed by atoms with van der Waals surface area (Å²) in [5.74, 6) is 0.448. The van der Waals surface area contributed by atoms with Crippen LogP contribution in [0.2, 0.25) is 0 Å². The lowest BCUT2D eigenvalue weighted by Gasteiger charge is -2.31. The normalized spacial score (nSPS) is 17.2. The molecule has 8 heteroatoms. The van der Waals surface area contributed by atoms with E-state index in [-0.39, 0.29) is 35.9 Å². The van der Waals surface area contributed by atoms with Crippen molar-refractivity contribution in [2.24, 2.45) is 5.73 Å². The van der Waals surface area contributed by atoms with E-state index in [0.717, 1.165) is 43.3 Å². The lowest BCUT2D eigenvalue weighted by Crippen LogP contribution is -2.46. The number of nitrogens with one attached hydrogen (secondary N) is 1. The van der Waals surface area contributed by atoms with Crippen LogP contribution >= 0.6 is 12.4 Å². The van der Waals surface area contributed by atoms with Gasteiger partial charge in [0.05, 0.1) is 18.9 Å². The number of hydrogen-bond donors (Lipinski definition) is 2. The second-order valence-corrected chi connectivity index (χ2v) is 9.19. The highest BCUT2D eigenvalue weighted by Gasteiger charge is 2.38. The van der Waals surface area contributed by atoms with Crippen molar-refractivity contribution in [3.05, 3.63) is 29.8 Å². The Morgan fingerprint density at radius 1 is 1.31 bits per heavy atom. The van der Waals surface area contributed by atoms with Crippen molar-refractivity contribution in [1.82, 2.24) is 5.32 Å². The molecule has 0 bridgehead atoms. The van der Waals surface area contributed by atoms with Gasteiger partial charge >= 0.3 is 0 Å². The molecule has 0 heterocycles. The Hall–Kier alpha value is -1.31. The molecule has 1 fully saturated rings. The van der Waals surface area contributed by atoms with E-state index in [2.05, 4.69) is 11.4 Å². The van der Waals surface area contributed by atoms with E-state index in [0.29, 0.717) is 6.54 Å². The summed E-state index contributed by atoms with van der Waals surface area (Å²) in [6.07, 6.45) is 5.44. The Morgan fingerprint density at radius 2 is 1.92 bits per heavy atom. The van der Waals surface area contributed by atoms with Crippen molar-refractivity contribution in [2.45, 2.75) is 43.6 Å². The molecule has 26 heavy (non-hydrogen) atoms. The zero-order valence-electron chi connectivity index (χ0n) is 15.4. The maximum Gasteiger partial charge on any atom is 0.236 e. The van der Waals surface area contributed by atoms with Gasteiger partial charge in [-0.15, -0.1) is 12.4 Å². The summed E-state index contributed by atoms with van der Waals surface area (Å²) in [6, 6.07) is 7.10. The van der Waals surface area contributed by atoms with Gasteiger partial charge < -0.3 is 15.8 Å². The maximum atomic E-state index is 12.3. The third-order valence-corrected chi connectivity index (χ3v) is 5.95. The van der Waals surface area contributed by atoms with Crippen molar-refractivity contribution in [3.8, 4) is 5.75 Å². The molecular formula is C18H29ClN2O4S. The maximum absolute atomic E-state index is 12.3. The summed E-state index contributed by atoms with van der Waals surface area (Å²) in [4.78, 5) is 12.3. The van der Waals surface area contributed by atoms with Crippen LogP contribution in [-0.2, 0) is 20.0 Å². The predicted molar refractivity (Wildman–Crippen MR) is 106 cm³/mol. The first-order chi connectivity index (χ1) is 11.8. The minimum Gasteiger partial charge on any atom is -0.496 e. The molecule has 1 aromatic carbocycles. The van der Waals surface area contributed by atoms with Gasteiger partial charge in [-0.05, 0) is 25.3 Å². The van der Waals surface area contributed by atoms with E-state index in [1.807, 2.05) is 18.2 Å². The molecule has 1 saturated carbocycles. The topological polar surface area (TPSA) is 98.5 Å². The largest absolute Gasteiger partial charge is 0.496 e. The molecule has 3 N–H and O–H groups in total. The number of nitrogens with two attached hydrogens (primary N) is 1. The van der Waals surface area contributed by atoms with Crippen molar-refractivity contribution in [2.75, 3.05) is 25.7 Å². The number of benzene rings is 1. The third-order valence-electron chi connectivity index (χ3n) is 4.98. The molecule has 0 spiro atoms. The van der Waals surface area contributed by atoms with E-state index < -0.39 is 15.9 Å². The van der Waals surface area contributed by atoms with Crippen LogP contribution in [-0.4, -0.2) is 46.0 Å². The Morgan fingerprint density at radius 3 is 2.50 bits per heavy atom. The molecular weight excluding hydrogens is 376 g/mol. The second kappa shape index (κ2) is 9.58. The first-order valence-electron chi connectivity index (χ1n) is 8.62. The lowest BCUT2D eigenvalue weighted by atomic mass is 9.78. The van der Waals surface area contributed by atoms with E-state index in [1.165, 1.54) is 0 Å². The van der Waals surface area contributed by atoms with Gasteiger partial charge in [0.1, 0.15) is 15.6 Å². The SMILES string of the molecule is COc1ccccc1C1(CNC(=O)C(N)CCS(C)(=O)=O)CCCC1.Cl. The number of carbonyl (C=O) groups excluding carboxylic acids is 1. The Bertz CT molecular complexity index is 703. The van der Waals surface area contributed by atoms with Crippen LogP contribution in [0.1, 0.15) is 37.7 Å². The molecule has 1 unspecified atom stereocenters. The zero-order valence-corrected chi connectivity index (χ0v) is 17.0. The minimum atomic E-state index is -3.12. The van der Waals surface area contributed by atoms with Gasteiger partial charge in [0, 0.05) is 23.8 Å². The number of sulfone groups is 1. The van der Waals surface area contributed by atoms with Crippen molar-refractivity contribution in [3.63, 3.8) is 0 Å². The number of halogens is 1. The molecule has 1 aliphatic carbocycles. The zero-order chi connectivity index (χ0) is 18.5. The summed E-state index contributed by atoms with van der Waals surface area (Å²) in [6.45, 7) is 0.485. The van der Waals surface area contributed by atoms with Crippen LogP contribution in [0.5, 0.6) is 5.75 Å². The third kappa shape index (κ3) is 5.86. The van der Waals surface area contributed by atoms with Crippen LogP contribution in [0, 0.1) is 0 Å². The lowest BCUT2D eigenvalue weighted by molar-refractivity contribution is -0.122. The summed E-state index contributed by atoms with van der Waals surface area (Å²) < 4.78 is 28.0. The van der Waals surface area contributed by atoms with E-state index in [9.17, 15) is 13.2 Å².